The number of anilines is 3. The highest BCUT2D eigenvalue weighted by Crippen LogP contribution is 2.42. The van der Waals surface area contributed by atoms with Gasteiger partial charge >= 0.3 is 0 Å². The molecule has 0 unspecified atom stereocenters. The molecule has 1 amide bonds. The van der Waals surface area contributed by atoms with Crippen LogP contribution in [0, 0.1) is 59.2 Å². The van der Waals surface area contributed by atoms with Crippen LogP contribution in [-0.4, -0.2) is 225 Å². The Balaban J connectivity index is 0.000000189. The minimum Gasteiger partial charge on any atom is -0.373 e. The summed E-state index contributed by atoms with van der Waals surface area (Å²) in [6, 6.07) is 37.8. The molecule has 4 aromatic carbocycles. The number of aryl methyl sites for hydroxylation is 5. The molecule has 147 heavy (non-hydrogen) atoms. The largest absolute Gasteiger partial charge is 0.373 e. The summed E-state index contributed by atoms with van der Waals surface area (Å²) < 4.78 is 166. The van der Waals surface area contributed by atoms with Crippen molar-refractivity contribution in [2.24, 2.45) is 59.2 Å². The summed E-state index contributed by atoms with van der Waals surface area (Å²) in [5, 5.41) is 0.804. The smallest absolute Gasteiger partial charge is 0.243 e. The fourth-order valence-electron chi connectivity index (χ4n) is 22.6. The van der Waals surface area contributed by atoms with Gasteiger partial charge in [-0.2, -0.15) is 4.31 Å². The number of nitrogens with zero attached hydrogens (tertiary/aromatic N) is 6. The first-order chi connectivity index (χ1) is 68.6. The second kappa shape index (κ2) is 54.4. The Morgan fingerprint density at radius 2 is 0.571 bits per heavy atom. The Bertz CT molecular complexity index is 5410. The molecule has 9 fully saturated rings. The van der Waals surface area contributed by atoms with Gasteiger partial charge in [-0.25, -0.2) is 55.5 Å². The summed E-state index contributed by atoms with van der Waals surface area (Å²) in [7, 11) is -18.6. The van der Waals surface area contributed by atoms with Crippen molar-refractivity contribution in [1.29, 1.82) is 0 Å². The van der Waals surface area contributed by atoms with Gasteiger partial charge in [-0.3, -0.25) is 4.79 Å². The Labute approximate surface area is 897 Å². The molecule has 9 aliphatic rings. The highest BCUT2D eigenvalue weighted by molar-refractivity contribution is 7.94. The minimum atomic E-state index is -3.51. The number of pyridine rings is 1. The maximum absolute atomic E-state index is 13.0. The van der Waals surface area contributed by atoms with Gasteiger partial charge in [0.2, 0.25) is 15.9 Å². The van der Waals surface area contributed by atoms with Crippen molar-refractivity contribution in [2.45, 2.75) is 410 Å². The van der Waals surface area contributed by atoms with E-state index in [1.807, 2.05) is 118 Å². The van der Waals surface area contributed by atoms with Crippen molar-refractivity contribution in [3.63, 3.8) is 0 Å². The van der Waals surface area contributed by atoms with E-state index in [0.717, 1.165) is 235 Å². The molecular formula is C118H191ClN6O16S6. The molecule has 0 bridgehead atoms. The Hall–Kier alpha value is -5.27. The SMILES string of the molecule is CC(=O)N1CCN(c2ccc(CCC3CCC(CS(=O)(=O)C(C)(C)C)CC3)cc2)CC1.CC(C)(C)S(=O)(=O)CC1CCC(CCc2cccc(Cl)c2)CC1.C[C@@H]1CN(S(=O)(=O)c2ccc(CCC3CCC(CS(=O)(=O)C(C)(C)C)CC3)cc2)C[C@H](C)O1.C[C@@H]1CN(c2ccc(CCC3CCC(CS(=O)(=O)C(C)(C)C)CC3)cc2)C[C@@H](C)O1.C[C@@H]1CN(c2ccc(CCC3CCC(CS(=O)(=O)C(C)(C)C)CC3)cn2)C[C@H](C)O1. The summed E-state index contributed by atoms with van der Waals surface area (Å²) in [4.78, 5) is 25.6. The highest BCUT2D eigenvalue weighted by Gasteiger charge is 2.41. The van der Waals surface area contributed by atoms with Gasteiger partial charge in [0, 0.05) is 95.0 Å². The summed E-state index contributed by atoms with van der Waals surface area (Å²) in [6.07, 6.45) is 35.7. The van der Waals surface area contributed by atoms with Crippen molar-refractivity contribution in [2.75, 3.05) is 109 Å². The topological polar surface area (TPSA) is 279 Å². The van der Waals surface area contributed by atoms with E-state index in [4.69, 9.17) is 30.8 Å². The van der Waals surface area contributed by atoms with E-state index < -0.39 is 82.9 Å². The summed E-state index contributed by atoms with van der Waals surface area (Å²) in [5.74, 6) is 8.09. The van der Waals surface area contributed by atoms with Gasteiger partial charge < -0.3 is 33.8 Å². The lowest BCUT2D eigenvalue weighted by molar-refractivity contribution is -0.129. The average molecular weight is 2180 g/mol. The summed E-state index contributed by atoms with van der Waals surface area (Å²) >= 11 is 6.03. The van der Waals surface area contributed by atoms with Crippen LogP contribution in [0.5, 0.6) is 0 Å². The fourth-order valence-corrected chi connectivity index (χ4v) is 31.7. The van der Waals surface area contributed by atoms with E-state index in [9.17, 15) is 55.3 Å². The highest BCUT2D eigenvalue weighted by atomic mass is 35.5. The summed E-state index contributed by atoms with van der Waals surface area (Å²) in [5.41, 5.74) is 9.07. The number of rotatable bonds is 30. The first-order valence-corrected chi connectivity index (χ1v) is 66.2. The molecule has 5 aromatic rings. The fraction of sp³-hybridized carbons (Fsp3) is 0.746. The number of ether oxygens (including phenoxy) is 3. The van der Waals surface area contributed by atoms with E-state index in [1.165, 1.54) is 76.5 Å². The average Bonchev–Trinajstić information content (AvgIpc) is 0.790. The van der Waals surface area contributed by atoms with Gasteiger partial charge in [-0.15, -0.1) is 0 Å². The number of carbonyl (C=O) groups is 1. The standard InChI is InChI=1S/C25H40N2O3S.C25H41NO5S2.C25H41NO3S.C24H40N2O3S.C19H29ClO2S/c1-20(28)26-15-17-27(18-16-26)24-13-11-22(12-14-24)6-5-21-7-9-23(10-8-21)19-31(29,30)25(2,3)4;1-19-16-26(17-20(2)31-19)33(29,30)24-14-12-22(13-15-24)7-6-21-8-10-23(11-9-21)18-32(27,28)25(3,4)5;1-19-16-26(17-20(2)29-19)24-14-12-22(13-15-24)7-6-21-8-10-23(11-9-21)18-30(27,28)25(3,4)5;1-18-15-26(16-19(2)29-18)23-13-12-21(14-25-23)9-6-20-7-10-22(11-8-20)17-30(27,28)24(3,4)5;1-19(2,3)23(21,22)14-17-11-8-15(9-12-17)7-10-16-5-4-6-18(20)13-16/h11-14,21,23H,5-10,15-19H2,1-4H3;12-15,19-21,23H,6-11,16-18H2,1-5H3;12-15,19-21,23H,6-11,16-18H2,1-5H3;12-14,18-20,22H,6-11,15-17H2,1-5H3;4-6,13,15,17H,7-12,14H2,1-3H3/t;19-,20+,21?,23?;19-,20-,21?,23?;18-,19+,20?,22?;/m..1../s1. The number of halogens is 1. The van der Waals surface area contributed by atoms with Crippen LogP contribution in [-0.2, 0) is 110 Å². The number of piperazine rings is 1. The zero-order valence-electron chi connectivity index (χ0n) is 94.1. The van der Waals surface area contributed by atoms with Gasteiger partial charge in [0.05, 0.1) is 94.0 Å². The normalized spacial score (nSPS) is 26.4. The lowest BCUT2D eigenvalue weighted by atomic mass is 9.80. The third-order valence-corrected chi connectivity index (χ3v) is 49.1. The number of aromatic nitrogens is 1. The molecule has 4 aliphatic heterocycles. The monoisotopic (exact) mass is 2180 g/mol. The third kappa shape index (κ3) is 38.9. The van der Waals surface area contributed by atoms with Gasteiger partial charge in [0.1, 0.15) is 5.82 Å². The Kier molecular flexibility index (Phi) is 45.7. The van der Waals surface area contributed by atoms with Crippen LogP contribution in [0.15, 0.2) is 120 Å². The van der Waals surface area contributed by atoms with Gasteiger partial charge in [-0.05, 0) is 415 Å². The van der Waals surface area contributed by atoms with E-state index in [0.29, 0.717) is 88.2 Å². The van der Waals surface area contributed by atoms with E-state index in [1.54, 1.807) is 60.6 Å². The van der Waals surface area contributed by atoms with E-state index in [2.05, 4.69) is 109 Å². The number of carbonyl (C=O) groups excluding carboxylic acids is 1. The zero-order valence-corrected chi connectivity index (χ0v) is 99.7. The lowest BCUT2D eigenvalue weighted by Gasteiger charge is -2.37. The molecule has 832 valence electrons. The van der Waals surface area contributed by atoms with E-state index >= 15 is 0 Å². The van der Waals surface area contributed by atoms with Crippen molar-refractivity contribution in [3.8, 4) is 0 Å². The molecule has 6 atom stereocenters. The molecule has 14 rings (SSSR count). The van der Waals surface area contributed by atoms with Crippen LogP contribution in [0.1, 0.15) is 341 Å². The molecule has 0 N–H and O–H groups in total. The number of sulfone groups is 5. The molecule has 5 saturated carbocycles. The quantitative estimate of drug-likeness (QED) is 0.0413. The molecule has 0 radical (unpaired) electrons. The summed E-state index contributed by atoms with van der Waals surface area (Å²) in [6.45, 7) is 48.9. The molecular weight excluding hydrogens is 1990 g/mol. The molecule has 4 saturated heterocycles. The molecule has 5 heterocycles. The number of benzene rings is 4. The predicted octanol–water partition coefficient (Wildman–Crippen LogP) is 23.9. The first kappa shape index (κ1) is 124. The number of morpholine rings is 3. The van der Waals surface area contributed by atoms with Gasteiger partial charge in [-0.1, -0.05) is 130 Å². The van der Waals surface area contributed by atoms with E-state index in [-0.39, 0.29) is 48.4 Å². The molecule has 5 aliphatic carbocycles. The third-order valence-electron chi connectivity index (χ3n) is 33.1. The lowest BCUT2D eigenvalue weighted by Crippen LogP contribution is -2.48. The van der Waals surface area contributed by atoms with Gasteiger partial charge in [0.15, 0.2) is 49.2 Å². The number of sulfonamides is 1. The van der Waals surface area contributed by atoms with Crippen LogP contribution in [0.4, 0.5) is 17.2 Å². The minimum absolute atomic E-state index is 0.105. The number of hydrogen-bond acceptors (Lipinski definition) is 20. The Morgan fingerprint density at radius 3 is 0.850 bits per heavy atom. The second-order valence-electron chi connectivity index (χ2n) is 50.6. The van der Waals surface area contributed by atoms with Crippen LogP contribution < -0.4 is 14.7 Å². The molecule has 1 aromatic heterocycles. The first-order valence-electron chi connectivity index (χ1n) is 56.1. The van der Waals surface area contributed by atoms with Crippen LogP contribution in [0.3, 0.4) is 0 Å². The Morgan fingerprint density at radius 1 is 0.313 bits per heavy atom. The van der Waals surface area contributed by atoms with Crippen molar-refractivity contribution < 1.29 is 69.5 Å². The van der Waals surface area contributed by atoms with Crippen molar-refractivity contribution >= 4 is 93.9 Å². The number of amides is 1. The van der Waals surface area contributed by atoms with Crippen molar-refractivity contribution in [3.05, 3.63) is 148 Å². The van der Waals surface area contributed by atoms with Crippen LogP contribution in [0.2, 0.25) is 5.02 Å². The molecule has 22 nitrogen and oxygen atoms in total. The second-order valence-corrected chi connectivity index (χ2v) is 66.9. The maximum Gasteiger partial charge on any atom is 0.243 e. The zero-order chi connectivity index (χ0) is 108. The predicted molar refractivity (Wildman–Crippen MR) is 609 cm³/mol. The van der Waals surface area contributed by atoms with Crippen molar-refractivity contribution in [1.82, 2.24) is 14.2 Å². The van der Waals surface area contributed by atoms with Crippen LogP contribution in [0.25, 0.3) is 0 Å². The van der Waals surface area contributed by atoms with Gasteiger partial charge in [0.25, 0.3) is 0 Å². The number of hydrogen-bond donors (Lipinski definition) is 0. The maximum atomic E-state index is 13.0. The molecule has 29 heteroatoms. The van der Waals surface area contributed by atoms with Crippen LogP contribution >= 0.6 is 11.6 Å². The molecule has 0 spiro atoms.